The molecule has 1 aromatic rings. The molecule has 0 radical (unpaired) electrons. The summed E-state index contributed by atoms with van der Waals surface area (Å²) in [6.07, 6.45) is -0.452. The number of halogens is 3. The quantitative estimate of drug-likeness (QED) is 0.866. The zero-order chi connectivity index (χ0) is 15.2. The highest BCUT2D eigenvalue weighted by Gasteiger charge is 2.38. The molecule has 1 amide bonds. The molecule has 1 aliphatic heterocycles. The number of fused-ring (bicyclic) bond motifs is 1. The summed E-state index contributed by atoms with van der Waals surface area (Å²) in [6.45, 7) is 0. The highest BCUT2D eigenvalue weighted by atomic mass is 19.4. The summed E-state index contributed by atoms with van der Waals surface area (Å²) in [5.41, 5.74) is 6.26. The number of rotatable bonds is 1. The van der Waals surface area contributed by atoms with Gasteiger partial charge in [0.1, 0.15) is 0 Å². The van der Waals surface area contributed by atoms with Crippen LogP contribution in [0.2, 0.25) is 0 Å². The Labute approximate surface area is 120 Å². The van der Waals surface area contributed by atoms with Gasteiger partial charge in [-0.3, -0.25) is 4.79 Å². The van der Waals surface area contributed by atoms with Crippen molar-refractivity contribution in [3.63, 3.8) is 0 Å². The molecular weight excluding hydrogens is 281 g/mol. The Morgan fingerprint density at radius 1 is 1.19 bits per heavy atom. The number of carbonyl (C=O) groups excluding carboxylic acids is 1. The number of carbonyl (C=O) groups is 1. The molecule has 0 saturated heterocycles. The molecule has 1 aromatic carbocycles. The van der Waals surface area contributed by atoms with E-state index in [0.717, 1.165) is 43.4 Å². The third kappa shape index (κ3) is 2.52. The first-order valence-corrected chi connectivity index (χ1v) is 7.16. The maximum absolute atomic E-state index is 12.9. The smallest absolute Gasteiger partial charge is 0.320 e. The van der Waals surface area contributed by atoms with E-state index >= 15 is 0 Å². The second-order valence-electron chi connectivity index (χ2n) is 5.80. The fraction of sp³-hybridized carbons (Fsp3) is 0.533. The molecule has 1 aliphatic carbocycles. The average molecular weight is 298 g/mol. The molecule has 0 aromatic heterocycles. The summed E-state index contributed by atoms with van der Waals surface area (Å²) in [4.78, 5) is 13.9. The molecule has 2 aliphatic rings. The molecule has 1 heterocycles. The van der Waals surface area contributed by atoms with Crippen molar-refractivity contribution in [1.29, 1.82) is 0 Å². The van der Waals surface area contributed by atoms with Gasteiger partial charge in [0.15, 0.2) is 0 Å². The lowest BCUT2D eigenvalue weighted by molar-refractivity contribution is -0.137. The van der Waals surface area contributed by atoms with Gasteiger partial charge >= 0.3 is 6.18 Å². The van der Waals surface area contributed by atoms with Crippen LogP contribution >= 0.6 is 0 Å². The Morgan fingerprint density at radius 2 is 1.86 bits per heavy atom. The lowest BCUT2D eigenvalue weighted by atomic mass is 9.94. The van der Waals surface area contributed by atoms with Crippen LogP contribution < -0.4 is 10.6 Å². The molecule has 1 saturated carbocycles. The van der Waals surface area contributed by atoms with E-state index in [0.29, 0.717) is 12.1 Å². The Kier molecular flexibility index (Phi) is 3.43. The summed E-state index contributed by atoms with van der Waals surface area (Å²) in [7, 11) is 0. The number of alkyl halides is 3. The van der Waals surface area contributed by atoms with E-state index in [2.05, 4.69) is 0 Å². The van der Waals surface area contributed by atoms with Crippen LogP contribution in [0.3, 0.4) is 0 Å². The van der Waals surface area contributed by atoms with Crippen molar-refractivity contribution in [3.05, 3.63) is 29.3 Å². The van der Waals surface area contributed by atoms with Crippen LogP contribution in [0, 0.1) is 0 Å². The zero-order valence-electron chi connectivity index (χ0n) is 11.5. The number of hydrogen-bond acceptors (Lipinski definition) is 2. The largest absolute Gasteiger partial charge is 0.416 e. The van der Waals surface area contributed by atoms with Gasteiger partial charge in [-0.2, -0.15) is 13.2 Å². The van der Waals surface area contributed by atoms with Crippen molar-refractivity contribution in [1.82, 2.24) is 0 Å². The van der Waals surface area contributed by atoms with Gasteiger partial charge in [0, 0.05) is 11.7 Å². The van der Waals surface area contributed by atoms with Gasteiger partial charge in [0.05, 0.1) is 11.6 Å². The maximum atomic E-state index is 12.9. The monoisotopic (exact) mass is 298 g/mol. The minimum atomic E-state index is -4.40. The molecule has 3 rings (SSSR count). The number of nitrogens with two attached hydrogens (primary N) is 1. The van der Waals surface area contributed by atoms with Gasteiger partial charge in [-0.05, 0) is 37.0 Å². The number of anilines is 1. The Hall–Kier alpha value is -1.56. The van der Waals surface area contributed by atoms with E-state index in [1.54, 1.807) is 0 Å². The average Bonchev–Trinajstić information content (AvgIpc) is 2.92. The number of nitrogens with zero attached hydrogens (tertiary/aromatic N) is 1. The minimum Gasteiger partial charge on any atom is -0.320 e. The zero-order valence-corrected chi connectivity index (χ0v) is 11.5. The van der Waals surface area contributed by atoms with Crippen LogP contribution in [-0.4, -0.2) is 18.0 Å². The fourth-order valence-electron chi connectivity index (χ4n) is 3.30. The first-order chi connectivity index (χ1) is 9.88. The molecule has 6 heteroatoms. The summed E-state index contributed by atoms with van der Waals surface area (Å²) < 4.78 is 38.7. The molecular formula is C15H17F3N2O. The molecule has 3 nitrogen and oxygen atoms in total. The molecule has 0 bridgehead atoms. The highest BCUT2D eigenvalue weighted by Crippen LogP contribution is 2.38. The van der Waals surface area contributed by atoms with E-state index in [1.807, 2.05) is 0 Å². The lowest BCUT2D eigenvalue weighted by Gasteiger charge is -2.37. The van der Waals surface area contributed by atoms with Crippen molar-refractivity contribution in [3.8, 4) is 0 Å². The molecule has 21 heavy (non-hydrogen) atoms. The molecule has 0 spiro atoms. The Morgan fingerprint density at radius 3 is 2.48 bits per heavy atom. The Bertz CT molecular complexity index is 565. The maximum Gasteiger partial charge on any atom is 0.416 e. The molecule has 2 N–H and O–H groups in total. The first kappa shape index (κ1) is 14.4. The van der Waals surface area contributed by atoms with Gasteiger partial charge in [-0.15, -0.1) is 0 Å². The van der Waals surface area contributed by atoms with Gasteiger partial charge in [0.25, 0.3) is 0 Å². The van der Waals surface area contributed by atoms with Gasteiger partial charge in [-0.1, -0.05) is 18.9 Å². The van der Waals surface area contributed by atoms with Crippen molar-refractivity contribution < 1.29 is 18.0 Å². The fourth-order valence-corrected chi connectivity index (χ4v) is 3.30. The topological polar surface area (TPSA) is 46.3 Å². The molecule has 1 unspecified atom stereocenters. The highest BCUT2D eigenvalue weighted by molar-refractivity contribution is 6.00. The third-order valence-corrected chi connectivity index (χ3v) is 4.36. The van der Waals surface area contributed by atoms with Crippen LogP contribution in [0.4, 0.5) is 18.9 Å². The first-order valence-electron chi connectivity index (χ1n) is 7.16. The molecule has 114 valence electrons. The van der Waals surface area contributed by atoms with Gasteiger partial charge in [-0.25, -0.2) is 0 Å². The van der Waals surface area contributed by atoms with E-state index in [4.69, 9.17) is 5.73 Å². The predicted molar refractivity (Wildman–Crippen MR) is 72.9 cm³/mol. The van der Waals surface area contributed by atoms with Crippen LogP contribution in [0.1, 0.15) is 36.8 Å². The third-order valence-electron chi connectivity index (χ3n) is 4.36. The van der Waals surface area contributed by atoms with Crippen molar-refractivity contribution >= 4 is 11.6 Å². The van der Waals surface area contributed by atoms with E-state index in [9.17, 15) is 18.0 Å². The van der Waals surface area contributed by atoms with Gasteiger partial charge in [0.2, 0.25) is 5.91 Å². The van der Waals surface area contributed by atoms with Crippen LogP contribution in [-0.2, 0) is 17.4 Å². The van der Waals surface area contributed by atoms with Crippen LogP contribution in [0.15, 0.2) is 18.2 Å². The number of benzene rings is 1. The minimum absolute atomic E-state index is 0.0221. The second-order valence-corrected chi connectivity index (χ2v) is 5.80. The van der Waals surface area contributed by atoms with Crippen LogP contribution in [0.25, 0.3) is 0 Å². The summed E-state index contributed by atoms with van der Waals surface area (Å²) in [5.74, 6) is -0.256. The Balaban J connectivity index is 2.06. The van der Waals surface area contributed by atoms with Crippen molar-refractivity contribution in [2.24, 2.45) is 5.73 Å². The normalized spacial score (nSPS) is 23.5. The van der Waals surface area contributed by atoms with E-state index in [1.165, 1.54) is 11.0 Å². The number of amides is 1. The SMILES string of the molecule is NC1Cc2ccc(C(F)(F)F)cc2N(C2CCCC2)C1=O. The molecule has 1 atom stereocenters. The summed E-state index contributed by atoms with van der Waals surface area (Å²) in [6, 6.07) is 2.93. The van der Waals surface area contributed by atoms with Crippen molar-refractivity contribution in [2.45, 2.75) is 50.4 Å². The van der Waals surface area contributed by atoms with Crippen LogP contribution in [0.5, 0.6) is 0 Å². The van der Waals surface area contributed by atoms with Crippen molar-refractivity contribution in [2.75, 3.05) is 4.90 Å². The summed E-state index contributed by atoms with van der Waals surface area (Å²) >= 11 is 0. The summed E-state index contributed by atoms with van der Waals surface area (Å²) in [5, 5.41) is 0. The van der Waals surface area contributed by atoms with E-state index in [-0.39, 0.29) is 11.9 Å². The standard InChI is InChI=1S/C15H17F3N2O/c16-15(17,18)10-6-5-9-7-12(19)14(21)20(13(9)8-10)11-3-1-2-4-11/h5-6,8,11-12H,1-4,7,19H2. The van der Waals surface area contributed by atoms with Gasteiger partial charge < -0.3 is 10.6 Å². The molecule has 1 fully saturated rings. The second kappa shape index (κ2) is 5.02. The van der Waals surface area contributed by atoms with E-state index < -0.39 is 17.8 Å². The predicted octanol–water partition coefficient (Wildman–Crippen LogP) is 2.86. The lowest BCUT2D eigenvalue weighted by Crippen LogP contribution is -2.52. The number of hydrogen-bond donors (Lipinski definition) is 1.